The summed E-state index contributed by atoms with van der Waals surface area (Å²) in [5, 5.41) is 4.50. The van der Waals surface area contributed by atoms with Gasteiger partial charge in [0.15, 0.2) is 5.82 Å². The summed E-state index contributed by atoms with van der Waals surface area (Å²) in [6, 6.07) is 16.0. The Morgan fingerprint density at radius 2 is 1.93 bits per heavy atom. The Labute approximate surface area is 159 Å². The van der Waals surface area contributed by atoms with Crippen molar-refractivity contribution in [2.24, 2.45) is 0 Å². The monoisotopic (exact) mass is 363 g/mol. The second-order valence-electron chi connectivity index (χ2n) is 7.12. The lowest BCUT2D eigenvalue weighted by Crippen LogP contribution is -2.19. The van der Waals surface area contributed by atoms with Gasteiger partial charge < -0.3 is 14.8 Å². The maximum Gasteiger partial charge on any atom is 0.162 e. The molecule has 0 bridgehead atoms. The van der Waals surface area contributed by atoms with Crippen molar-refractivity contribution >= 4 is 16.7 Å². The molecule has 0 saturated carbocycles. The van der Waals surface area contributed by atoms with Crippen LogP contribution < -0.4 is 10.1 Å². The van der Waals surface area contributed by atoms with E-state index in [4.69, 9.17) is 19.4 Å². The molecule has 0 unspecified atom stereocenters. The number of aromatic nitrogens is 2. The Bertz CT molecular complexity index is 903. The van der Waals surface area contributed by atoms with E-state index in [1.54, 1.807) is 0 Å². The number of hydrogen-bond acceptors (Lipinski definition) is 5. The number of rotatable bonds is 6. The van der Waals surface area contributed by atoms with Crippen LogP contribution in [0.4, 0.5) is 5.82 Å². The molecule has 2 aromatic carbocycles. The van der Waals surface area contributed by atoms with Crippen LogP contribution >= 0.6 is 0 Å². The minimum Gasteiger partial charge on any atom is -0.491 e. The van der Waals surface area contributed by atoms with Crippen LogP contribution in [0.3, 0.4) is 0 Å². The number of anilines is 1. The quantitative estimate of drug-likeness (QED) is 0.689. The third-order valence-electron chi connectivity index (χ3n) is 4.61. The zero-order chi connectivity index (χ0) is 18.6. The minimum atomic E-state index is 0.154. The maximum absolute atomic E-state index is 5.73. The van der Waals surface area contributed by atoms with Crippen LogP contribution in [0.15, 0.2) is 48.5 Å². The fourth-order valence-corrected chi connectivity index (χ4v) is 3.31. The van der Waals surface area contributed by atoms with E-state index in [2.05, 4.69) is 11.4 Å². The summed E-state index contributed by atoms with van der Waals surface area (Å²) in [5.41, 5.74) is 1.90. The highest BCUT2D eigenvalue weighted by molar-refractivity contribution is 5.90. The van der Waals surface area contributed by atoms with Crippen LogP contribution in [0.5, 0.6) is 5.75 Å². The van der Waals surface area contributed by atoms with Crippen molar-refractivity contribution in [1.29, 1.82) is 0 Å². The molecule has 1 aliphatic heterocycles. The number of ether oxygens (including phenoxy) is 2. The van der Waals surface area contributed by atoms with E-state index in [9.17, 15) is 0 Å². The predicted octanol–water partition coefficient (Wildman–Crippen LogP) is 4.67. The molecule has 1 aliphatic rings. The van der Waals surface area contributed by atoms with Gasteiger partial charge in [-0.3, -0.25) is 0 Å². The van der Waals surface area contributed by atoms with Crippen LogP contribution in [-0.4, -0.2) is 35.3 Å². The first-order valence-corrected chi connectivity index (χ1v) is 9.58. The third-order valence-corrected chi connectivity index (χ3v) is 4.61. The van der Waals surface area contributed by atoms with E-state index in [1.165, 1.54) is 0 Å². The second kappa shape index (κ2) is 7.92. The van der Waals surface area contributed by atoms with Gasteiger partial charge in [-0.15, -0.1) is 0 Å². The van der Waals surface area contributed by atoms with E-state index in [0.717, 1.165) is 54.0 Å². The lowest BCUT2D eigenvalue weighted by atomic mass is 10.1. The van der Waals surface area contributed by atoms with Crippen LogP contribution in [-0.2, 0) is 4.74 Å². The second-order valence-corrected chi connectivity index (χ2v) is 7.12. The Balaban J connectivity index is 1.64. The van der Waals surface area contributed by atoms with Gasteiger partial charge >= 0.3 is 0 Å². The molecule has 0 spiro atoms. The SMILES string of the molecule is CC(C)Oc1ccc(-c2nc(NC[C@H]3CCCO3)c3ccccc3n2)cc1. The number of fused-ring (bicyclic) bond motifs is 1. The first-order valence-electron chi connectivity index (χ1n) is 9.58. The van der Waals surface area contributed by atoms with Crippen LogP contribution in [0.1, 0.15) is 26.7 Å². The molecule has 0 aliphatic carbocycles. The molecule has 1 fully saturated rings. The lowest BCUT2D eigenvalue weighted by molar-refractivity contribution is 0.120. The molecule has 27 heavy (non-hydrogen) atoms. The lowest BCUT2D eigenvalue weighted by Gasteiger charge is -2.14. The van der Waals surface area contributed by atoms with Crippen molar-refractivity contribution in [2.45, 2.75) is 38.9 Å². The first kappa shape index (κ1) is 17.7. The summed E-state index contributed by atoms with van der Waals surface area (Å²) < 4.78 is 11.5. The molecule has 140 valence electrons. The van der Waals surface area contributed by atoms with E-state index in [1.807, 2.05) is 56.3 Å². The van der Waals surface area contributed by atoms with Crippen molar-refractivity contribution in [3.8, 4) is 17.1 Å². The number of hydrogen-bond donors (Lipinski definition) is 1. The van der Waals surface area contributed by atoms with E-state index in [-0.39, 0.29) is 12.2 Å². The van der Waals surface area contributed by atoms with Gasteiger partial charge in [-0.05, 0) is 63.1 Å². The first-order chi connectivity index (χ1) is 13.2. The molecule has 0 amide bonds. The van der Waals surface area contributed by atoms with Crippen molar-refractivity contribution < 1.29 is 9.47 Å². The summed E-state index contributed by atoms with van der Waals surface area (Å²) in [4.78, 5) is 9.56. The number of benzene rings is 2. The van der Waals surface area contributed by atoms with Gasteiger partial charge in [0.2, 0.25) is 0 Å². The molecule has 4 rings (SSSR count). The predicted molar refractivity (Wildman–Crippen MR) is 108 cm³/mol. The van der Waals surface area contributed by atoms with Gasteiger partial charge in [0.05, 0.1) is 17.7 Å². The highest BCUT2D eigenvalue weighted by atomic mass is 16.5. The largest absolute Gasteiger partial charge is 0.491 e. The number of nitrogens with one attached hydrogen (secondary N) is 1. The van der Waals surface area contributed by atoms with E-state index in [0.29, 0.717) is 5.82 Å². The van der Waals surface area contributed by atoms with Gasteiger partial charge in [0.1, 0.15) is 11.6 Å². The summed E-state index contributed by atoms with van der Waals surface area (Å²) in [6.07, 6.45) is 2.64. The van der Waals surface area contributed by atoms with Crippen molar-refractivity contribution in [3.05, 3.63) is 48.5 Å². The fourth-order valence-electron chi connectivity index (χ4n) is 3.31. The molecule has 5 heteroatoms. The molecule has 1 saturated heterocycles. The molecular formula is C22H25N3O2. The summed E-state index contributed by atoms with van der Waals surface area (Å²) in [5.74, 6) is 2.42. The molecule has 1 aromatic heterocycles. The van der Waals surface area contributed by atoms with Gasteiger partial charge in [0.25, 0.3) is 0 Å². The molecular weight excluding hydrogens is 338 g/mol. The Morgan fingerprint density at radius 1 is 1.11 bits per heavy atom. The zero-order valence-corrected chi connectivity index (χ0v) is 15.8. The average Bonchev–Trinajstić information content (AvgIpc) is 3.19. The maximum atomic E-state index is 5.73. The van der Waals surface area contributed by atoms with Crippen molar-refractivity contribution in [3.63, 3.8) is 0 Å². The van der Waals surface area contributed by atoms with Crippen molar-refractivity contribution in [1.82, 2.24) is 9.97 Å². The number of para-hydroxylation sites is 1. The van der Waals surface area contributed by atoms with E-state index >= 15 is 0 Å². The molecule has 1 N–H and O–H groups in total. The topological polar surface area (TPSA) is 56.3 Å². The van der Waals surface area contributed by atoms with E-state index < -0.39 is 0 Å². The van der Waals surface area contributed by atoms with Crippen LogP contribution in [0.25, 0.3) is 22.3 Å². The third kappa shape index (κ3) is 4.19. The standard InChI is InChI=1S/C22H25N3O2/c1-15(2)27-17-11-9-16(10-12-17)21-24-20-8-4-3-7-19(20)22(25-21)23-14-18-6-5-13-26-18/h3-4,7-12,15,18H,5-6,13-14H2,1-2H3,(H,23,24,25)/t18-/m1/s1. The summed E-state index contributed by atoms with van der Waals surface area (Å²) >= 11 is 0. The Kier molecular flexibility index (Phi) is 5.21. The smallest absolute Gasteiger partial charge is 0.162 e. The van der Waals surface area contributed by atoms with Gasteiger partial charge in [0, 0.05) is 24.1 Å². The zero-order valence-electron chi connectivity index (χ0n) is 15.8. The Morgan fingerprint density at radius 3 is 2.67 bits per heavy atom. The Hall–Kier alpha value is -2.66. The molecule has 5 nitrogen and oxygen atoms in total. The van der Waals surface area contributed by atoms with Gasteiger partial charge in [-0.1, -0.05) is 12.1 Å². The van der Waals surface area contributed by atoms with Crippen LogP contribution in [0, 0.1) is 0 Å². The highest BCUT2D eigenvalue weighted by Crippen LogP contribution is 2.27. The van der Waals surface area contributed by atoms with Crippen LogP contribution in [0.2, 0.25) is 0 Å². The molecule has 0 radical (unpaired) electrons. The van der Waals surface area contributed by atoms with Crippen molar-refractivity contribution in [2.75, 3.05) is 18.5 Å². The minimum absolute atomic E-state index is 0.154. The van der Waals surface area contributed by atoms with Gasteiger partial charge in [-0.25, -0.2) is 9.97 Å². The fraction of sp³-hybridized carbons (Fsp3) is 0.364. The molecule has 1 atom stereocenters. The highest BCUT2D eigenvalue weighted by Gasteiger charge is 2.16. The summed E-state index contributed by atoms with van der Waals surface area (Å²) in [7, 11) is 0. The summed E-state index contributed by atoms with van der Waals surface area (Å²) in [6.45, 7) is 5.66. The average molecular weight is 363 g/mol. The number of nitrogens with zero attached hydrogens (tertiary/aromatic N) is 2. The normalized spacial score (nSPS) is 16.8. The molecule has 2 heterocycles. The molecule has 3 aromatic rings. The van der Waals surface area contributed by atoms with Gasteiger partial charge in [-0.2, -0.15) is 0 Å².